The Labute approximate surface area is 146 Å². The van der Waals surface area contributed by atoms with Crippen LogP contribution in [-0.2, 0) is 6.54 Å². The predicted octanol–water partition coefficient (Wildman–Crippen LogP) is 3.72. The van der Waals surface area contributed by atoms with Crippen LogP contribution in [0.5, 0.6) is 0 Å². The number of benzene rings is 1. The summed E-state index contributed by atoms with van der Waals surface area (Å²) in [6.07, 6.45) is 6.86. The van der Waals surface area contributed by atoms with Crippen molar-refractivity contribution in [3.8, 4) is 0 Å². The summed E-state index contributed by atoms with van der Waals surface area (Å²) in [6, 6.07) is 5.56. The molecule has 1 unspecified atom stereocenters. The first kappa shape index (κ1) is 15.9. The van der Waals surface area contributed by atoms with Gasteiger partial charge >= 0.3 is 0 Å². The lowest BCUT2D eigenvalue weighted by atomic mass is 9.99. The number of aromatic nitrogens is 3. The Balaban J connectivity index is 1.74. The Morgan fingerprint density at radius 2 is 2.24 bits per heavy atom. The van der Waals surface area contributed by atoms with Gasteiger partial charge in [-0.15, -0.1) is 0 Å². The summed E-state index contributed by atoms with van der Waals surface area (Å²) in [5.74, 6) is 1.56. The van der Waals surface area contributed by atoms with Crippen molar-refractivity contribution in [3.63, 3.8) is 0 Å². The molecular weight excluding hydrogens is 316 g/mol. The predicted molar refractivity (Wildman–Crippen MR) is 94.3 cm³/mol. The van der Waals surface area contributed by atoms with Crippen molar-refractivity contribution in [3.05, 3.63) is 47.9 Å². The average molecular weight is 338 g/mol. The fraction of sp³-hybridized carbons (Fsp3) is 0.421. The number of amides is 1. The van der Waals surface area contributed by atoms with Gasteiger partial charge in [0.1, 0.15) is 11.3 Å². The number of fused-ring (bicyclic) bond motifs is 1. The SMILES string of the molecule is CCn1ccnc1C1CCCCN1C(=O)c1cccc2oc(C)nc12. The van der Waals surface area contributed by atoms with Crippen molar-refractivity contribution in [2.75, 3.05) is 6.54 Å². The molecule has 6 heteroatoms. The molecule has 0 saturated carbocycles. The van der Waals surface area contributed by atoms with E-state index in [1.807, 2.05) is 35.5 Å². The van der Waals surface area contributed by atoms with E-state index >= 15 is 0 Å². The zero-order valence-electron chi connectivity index (χ0n) is 14.6. The molecule has 1 aliphatic rings. The van der Waals surface area contributed by atoms with Crippen LogP contribution in [0.4, 0.5) is 0 Å². The van der Waals surface area contributed by atoms with Gasteiger partial charge in [0.15, 0.2) is 11.5 Å². The third kappa shape index (κ3) is 2.71. The molecule has 6 nitrogen and oxygen atoms in total. The Hall–Kier alpha value is -2.63. The molecule has 1 fully saturated rings. The lowest BCUT2D eigenvalue weighted by molar-refractivity contribution is 0.0597. The number of imidazole rings is 1. The summed E-state index contributed by atoms with van der Waals surface area (Å²) in [5.41, 5.74) is 1.91. The third-order valence-corrected chi connectivity index (χ3v) is 4.91. The van der Waals surface area contributed by atoms with Crippen molar-refractivity contribution in [1.82, 2.24) is 19.4 Å². The average Bonchev–Trinajstić information content (AvgIpc) is 3.25. The maximum Gasteiger partial charge on any atom is 0.256 e. The molecule has 2 aromatic heterocycles. The number of likely N-dealkylation sites (tertiary alicyclic amines) is 1. The number of nitrogens with zero attached hydrogens (tertiary/aromatic N) is 4. The van der Waals surface area contributed by atoms with Crippen molar-refractivity contribution in [2.45, 2.75) is 45.7 Å². The molecule has 1 saturated heterocycles. The molecule has 0 N–H and O–H groups in total. The molecule has 1 aliphatic heterocycles. The maximum atomic E-state index is 13.3. The van der Waals surface area contributed by atoms with Crippen LogP contribution in [0.25, 0.3) is 11.1 Å². The number of oxazole rings is 1. The van der Waals surface area contributed by atoms with Gasteiger partial charge in [-0.2, -0.15) is 0 Å². The smallest absolute Gasteiger partial charge is 0.256 e. The molecule has 3 heterocycles. The number of carbonyl (C=O) groups excluding carboxylic acids is 1. The molecule has 0 aliphatic carbocycles. The second kappa shape index (κ2) is 6.35. The summed E-state index contributed by atoms with van der Waals surface area (Å²) < 4.78 is 7.71. The van der Waals surface area contributed by atoms with E-state index in [4.69, 9.17) is 4.42 Å². The highest BCUT2D eigenvalue weighted by Gasteiger charge is 2.32. The van der Waals surface area contributed by atoms with Crippen LogP contribution in [0.15, 0.2) is 35.0 Å². The van der Waals surface area contributed by atoms with Gasteiger partial charge < -0.3 is 13.9 Å². The Morgan fingerprint density at radius 1 is 1.36 bits per heavy atom. The topological polar surface area (TPSA) is 64.2 Å². The van der Waals surface area contributed by atoms with Gasteiger partial charge in [0.05, 0.1) is 11.6 Å². The molecule has 4 rings (SSSR count). The number of piperidine rings is 1. The van der Waals surface area contributed by atoms with E-state index in [0.29, 0.717) is 22.6 Å². The summed E-state index contributed by atoms with van der Waals surface area (Å²) in [5, 5.41) is 0. The number of hydrogen-bond donors (Lipinski definition) is 0. The maximum absolute atomic E-state index is 13.3. The molecule has 1 amide bonds. The van der Waals surface area contributed by atoms with E-state index in [-0.39, 0.29) is 11.9 Å². The number of hydrogen-bond acceptors (Lipinski definition) is 4. The number of carbonyl (C=O) groups is 1. The largest absolute Gasteiger partial charge is 0.441 e. The highest BCUT2D eigenvalue weighted by atomic mass is 16.3. The quantitative estimate of drug-likeness (QED) is 0.730. The molecule has 3 aromatic rings. The minimum absolute atomic E-state index is 0.00857. The molecule has 1 atom stereocenters. The lowest BCUT2D eigenvalue weighted by Gasteiger charge is -2.35. The third-order valence-electron chi connectivity index (χ3n) is 4.91. The van der Waals surface area contributed by atoms with Gasteiger partial charge in [0, 0.05) is 32.4 Å². The monoisotopic (exact) mass is 338 g/mol. The lowest BCUT2D eigenvalue weighted by Crippen LogP contribution is -2.39. The minimum atomic E-state index is 0.00857. The van der Waals surface area contributed by atoms with Crippen LogP contribution < -0.4 is 0 Å². The van der Waals surface area contributed by atoms with E-state index < -0.39 is 0 Å². The van der Waals surface area contributed by atoms with Gasteiger partial charge in [0.25, 0.3) is 5.91 Å². The second-order valence-corrected chi connectivity index (χ2v) is 6.47. The summed E-state index contributed by atoms with van der Waals surface area (Å²) in [6.45, 7) is 5.49. The van der Waals surface area contributed by atoms with Crippen LogP contribution in [0.1, 0.15) is 54.3 Å². The van der Waals surface area contributed by atoms with Crippen molar-refractivity contribution in [1.29, 1.82) is 0 Å². The normalized spacial score (nSPS) is 18.0. The molecule has 0 radical (unpaired) electrons. The van der Waals surface area contributed by atoms with Crippen molar-refractivity contribution in [2.24, 2.45) is 0 Å². The van der Waals surface area contributed by atoms with Crippen molar-refractivity contribution < 1.29 is 9.21 Å². The van der Waals surface area contributed by atoms with Gasteiger partial charge in [-0.25, -0.2) is 9.97 Å². The van der Waals surface area contributed by atoms with Gasteiger partial charge in [0.2, 0.25) is 0 Å². The fourth-order valence-electron chi connectivity index (χ4n) is 3.72. The zero-order chi connectivity index (χ0) is 17.4. The molecule has 1 aromatic carbocycles. The van der Waals surface area contributed by atoms with Crippen molar-refractivity contribution >= 4 is 17.0 Å². The summed E-state index contributed by atoms with van der Waals surface area (Å²) >= 11 is 0. The number of rotatable bonds is 3. The number of para-hydroxylation sites is 1. The summed E-state index contributed by atoms with van der Waals surface area (Å²) in [7, 11) is 0. The van der Waals surface area contributed by atoms with E-state index in [0.717, 1.165) is 38.2 Å². The van der Waals surface area contributed by atoms with Crippen LogP contribution in [0.2, 0.25) is 0 Å². The first-order chi connectivity index (χ1) is 12.2. The molecule has 0 spiro atoms. The van der Waals surface area contributed by atoms with Crippen LogP contribution in [0, 0.1) is 6.92 Å². The van der Waals surface area contributed by atoms with E-state index in [1.165, 1.54) is 0 Å². The van der Waals surface area contributed by atoms with E-state index in [9.17, 15) is 4.79 Å². The highest BCUT2D eigenvalue weighted by molar-refractivity contribution is 6.04. The highest BCUT2D eigenvalue weighted by Crippen LogP contribution is 2.32. The van der Waals surface area contributed by atoms with Crippen LogP contribution in [-0.4, -0.2) is 31.9 Å². The molecule has 0 bridgehead atoms. The number of aryl methyl sites for hydroxylation is 2. The Bertz CT molecular complexity index is 911. The first-order valence-corrected chi connectivity index (χ1v) is 8.87. The molecule has 130 valence electrons. The van der Waals surface area contributed by atoms with Crippen LogP contribution >= 0.6 is 0 Å². The molecule has 25 heavy (non-hydrogen) atoms. The van der Waals surface area contributed by atoms with E-state index in [2.05, 4.69) is 21.5 Å². The van der Waals surface area contributed by atoms with E-state index in [1.54, 1.807) is 6.92 Å². The second-order valence-electron chi connectivity index (χ2n) is 6.47. The fourth-order valence-corrected chi connectivity index (χ4v) is 3.72. The molecular formula is C19H22N4O2. The standard InChI is InChI=1S/C19H22N4O2/c1-3-22-12-10-20-18(22)15-8-4-5-11-23(15)19(24)14-7-6-9-16-17(14)21-13(2)25-16/h6-7,9-10,12,15H,3-5,8,11H2,1-2H3. The van der Waals surface area contributed by atoms with Gasteiger partial charge in [-0.1, -0.05) is 6.07 Å². The first-order valence-electron chi connectivity index (χ1n) is 8.87. The Morgan fingerprint density at radius 3 is 3.08 bits per heavy atom. The zero-order valence-corrected chi connectivity index (χ0v) is 14.6. The Kier molecular flexibility index (Phi) is 4.03. The summed E-state index contributed by atoms with van der Waals surface area (Å²) in [4.78, 5) is 24.2. The minimum Gasteiger partial charge on any atom is -0.441 e. The van der Waals surface area contributed by atoms with Crippen LogP contribution in [0.3, 0.4) is 0 Å². The van der Waals surface area contributed by atoms with Gasteiger partial charge in [-0.3, -0.25) is 4.79 Å². The van der Waals surface area contributed by atoms with Gasteiger partial charge in [-0.05, 0) is 38.3 Å².